The first-order valence-corrected chi connectivity index (χ1v) is 8.22. The van der Waals surface area contributed by atoms with Gasteiger partial charge in [-0.05, 0) is 36.8 Å². The molecule has 25 heavy (non-hydrogen) atoms. The molecule has 0 unspecified atom stereocenters. The largest absolute Gasteiger partial charge is 0.457 e. The van der Waals surface area contributed by atoms with E-state index in [1.165, 1.54) is 0 Å². The van der Waals surface area contributed by atoms with Crippen molar-refractivity contribution in [2.75, 3.05) is 27.4 Å². The summed E-state index contributed by atoms with van der Waals surface area (Å²) in [4.78, 5) is 18.7. The Morgan fingerprint density at radius 1 is 1.20 bits per heavy atom. The highest BCUT2D eigenvalue weighted by molar-refractivity contribution is 5.95. The molecule has 0 saturated carbocycles. The summed E-state index contributed by atoms with van der Waals surface area (Å²) in [5.74, 6) is 1.25. The molecule has 1 aliphatic heterocycles. The predicted octanol–water partition coefficient (Wildman–Crippen LogP) is 2.75. The number of ether oxygens (including phenoxy) is 3. The summed E-state index contributed by atoms with van der Waals surface area (Å²) >= 11 is 0. The Morgan fingerprint density at radius 3 is 2.72 bits per heavy atom. The van der Waals surface area contributed by atoms with Gasteiger partial charge in [0.25, 0.3) is 5.91 Å². The Bertz CT molecular complexity index is 708. The van der Waals surface area contributed by atoms with E-state index in [-0.39, 0.29) is 18.1 Å². The van der Waals surface area contributed by atoms with E-state index in [0.29, 0.717) is 30.2 Å². The monoisotopic (exact) mass is 342 g/mol. The van der Waals surface area contributed by atoms with Gasteiger partial charge in [0.2, 0.25) is 0 Å². The number of hydrogen-bond acceptors (Lipinski definition) is 5. The SMILES string of the molecule is COC[C@@H]1C[C@@H](OC)CN1C(=O)c1cccc(Oc2ccncc2)c1. The maximum atomic E-state index is 12.9. The number of benzene rings is 1. The second-order valence-electron chi connectivity index (χ2n) is 5.97. The van der Waals surface area contributed by atoms with Gasteiger partial charge >= 0.3 is 0 Å². The van der Waals surface area contributed by atoms with Gasteiger partial charge in [0.05, 0.1) is 18.8 Å². The Balaban J connectivity index is 1.76. The lowest BCUT2D eigenvalue weighted by molar-refractivity contribution is 0.0612. The smallest absolute Gasteiger partial charge is 0.254 e. The second-order valence-corrected chi connectivity index (χ2v) is 5.97. The minimum atomic E-state index is -0.0400. The van der Waals surface area contributed by atoms with Crippen LogP contribution in [-0.4, -0.2) is 55.3 Å². The number of amides is 1. The summed E-state index contributed by atoms with van der Waals surface area (Å²) < 4.78 is 16.5. The number of rotatable bonds is 6. The van der Waals surface area contributed by atoms with Crippen LogP contribution in [0.2, 0.25) is 0 Å². The third-order valence-corrected chi connectivity index (χ3v) is 4.30. The van der Waals surface area contributed by atoms with Crippen molar-refractivity contribution in [1.29, 1.82) is 0 Å². The van der Waals surface area contributed by atoms with Gasteiger partial charge in [-0.25, -0.2) is 0 Å². The van der Waals surface area contributed by atoms with Crippen LogP contribution < -0.4 is 4.74 Å². The molecular formula is C19H22N2O4. The highest BCUT2D eigenvalue weighted by Crippen LogP contribution is 2.26. The van der Waals surface area contributed by atoms with Gasteiger partial charge in [0, 0.05) is 38.7 Å². The Hall–Kier alpha value is -2.44. The molecule has 2 atom stereocenters. The fourth-order valence-electron chi connectivity index (χ4n) is 3.04. The lowest BCUT2D eigenvalue weighted by Gasteiger charge is -2.24. The Kier molecular flexibility index (Phi) is 5.63. The first-order chi connectivity index (χ1) is 12.2. The molecule has 1 saturated heterocycles. The minimum Gasteiger partial charge on any atom is -0.457 e. The lowest BCUT2D eigenvalue weighted by Crippen LogP contribution is -2.38. The van der Waals surface area contributed by atoms with E-state index < -0.39 is 0 Å². The summed E-state index contributed by atoms with van der Waals surface area (Å²) in [6.07, 6.45) is 4.15. The number of hydrogen-bond donors (Lipinski definition) is 0. The van der Waals surface area contributed by atoms with Crippen molar-refractivity contribution in [2.45, 2.75) is 18.6 Å². The average Bonchev–Trinajstić information content (AvgIpc) is 3.05. The molecule has 3 rings (SSSR count). The van der Waals surface area contributed by atoms with Crippen molar-refractivity contribution in [2.24, 2.45) is 0 Å². The van der Waals surface area contributed by atoms with Gasteiger partial charge in [-0.2, -0.15) is 0 Å². The third-order valence-electron chi connectivity index (χ3n) is 4.30. The van der Waals surface area contributed by atoms with Crippen LogP contribution in [0.4, 0.5) is 0 Å². The van der Waals surface area contributed by atoms with Gasteiger partial charge in [0.1, 0.15) is 11.5 Å². The van der Waals surface area contributed by atoms with E-state index in [4.69, 9.17) is 14.2 Å². The molecule has 0 spiro atoms. The Labute approximate surface area is 147 Å². The van der Waals surface area contributed by atoms with Gasteiger partial charge in [0.15, 0.2) is 0 Å². The van der Waals surface area contributed by atoms with Gasteiger partial charge in [-0.1, -0.05) is 6.07 Å². The number of carbonyl (C=O) groups is 1. The molecule has 2 aromatic rings. The minimum absolute atomic E-state index is 0.0206. The van der Waals surface area contributed by atoms with E-state index in [1.54, 1.807) is 50.9 Å². The van der Waals surface area contributed by atoms with E-state index in [9.17, 15) is 4.79 Å². The molecule has 0 aliphatic carbocycles. The first kappa shape index (κ1) is 17.4. The van der Waals surface area contributed by atoms with E-state index in [1.807, 2.05) is 17.0 Å². The normalized spacial score (nSPS) is 19.8. The van der Waals surface area contributed by atoms with Crippen LogP contribution in [0.15, 0.2) is 48.8 Å². The van der Waals surface area contributed by atoms with Crippen LogP contribution >= 0.6 is 0 Å². The van der Waals surface area contributed by atoms with Crippen molar-refractivity contribution in [3.05, 3.63) is 54.4 Å². The molecule has 6 nitrogen and oxygen atoms in total. The summed E-state index contributed by atoms with van der Waals surface area (Å²) in [5, 5.41) is 0. The molecule has 6 heteroatoms. The zero-order chi connectivity index (χ0) is 17.6. The Morgan fingerprint density at radius 2 is 2.00 bits per heavy atom. The quantitative estimate of drug-likeness (QED) is 0.808. The van der Waals surface area contributed by atoms with Crippen molar-refractivity contribution >= 4 is 5.91 Å². The topological polar surface area (TPSA) is 60.9 Å². The van der Waals surface area contributed by atoms with E-state index in [0.717, 1.165) is 6.42 Å². The highest BCUT2D eigenvalue weighted by Gasteiger charge is 2.35. The van der Waals surface area contributed by atoms with Crippen molar-refractivity contribution in [1.82, 2.24) is 9.88 Å². The van der Waals surface area contributed by atoms with Gasteiger partial charge in [-0.3, -0.25) is 9.78 Å². The predicted molar refractivity (Wildman–Crippen MR) is 92.9 cm³/mol. The first-order valence-electron chi connectivity index (χ1n) is 8.22. The molecule has 0 N–H and O–H groups in total. The molecule has 1 amide bonds. The van der Waals surface area contributed by atoms with Crippen LogP contribution in [0.5, 0.6) is 11.5 Å². The van der Waals surface area contributed by atoms with E-state index >= 15 is 0 Å². The van der Waals surface area contributed by atoms with Crippen LogP contribution in [0.1, 0.15) is 16.8 Å². The molecule has 1 aliphatic rings. The van der Waals surface area contributed by atoms with Crippen LogP contribution in [0.3, 0.4) is 0 Å². The summed E-state index contributed by atoms with van der Waals surface area (Å²) in [7, 11) is 3.32. The fourth-order valence-corrected chi connectivity index (χ4v) is 3.04. The van der Waals surface area contributed by atoms with Gasteiger partial charge < -0.3 is 19.1 Å². The maximum absolute atomic E-state index is 12.9. The zero-order valence-corrected chi connectivity index (χ0v) is 14.4. The average molecular weight is 342 g/mol. The standard InChI is InChI=1S/C19H22N2O4/c1-23-13-15-11-18(24-2)12-21(15)19(22)14-4-3-5-17(10-14)25-16-6-8-20-9-7-16/h3-10,15,18H,11-13H2,1-2H3/t15-,18+/m0/s1. The number of methoxy groups -OCH3 is 2. The second kappa shape index (κ2) is 8.09. The number of pyridine rings is 1. The molecule has 0 bridgehead atoms. The van der Waals surface area contributed by atoms with Crippen molar-refractivity contribution in [3.8, 4) is 11.5 Å². The number of nitrogens with zero attached hydrogens (tertiary/aromatic N) is 2. The molecule has 2 heterocycles. The van der Waals surface area contributed by atoms with Crippen LogP contribution in [0.25, 0.3) is 0 Å². The van der Waals surface area contributed by atoms with Crippen LogP contribution in [-0.2, 0) is 9.47 Å². The van der Waals surface area contributed by atoms with E-state index in [2.05, 4.69) is 4.98 Å². The highest BCUT2D eigenvalue weighted by atomic mass is 16.5. The number of carbonyl (C=O) groups excluding carboxylic acids is 1. The summed E-state index contributed by atoms with van der Waals surface area (Å²) in [5.41, 5.74) is 0.587. The molecule has 132 valence electrons. The summed E-state index contributed by atoms with van der Waals surface area (Å²) in [6.45, 7) is 1.07. The van der Waals surface area contributed by atoms with Crippen molar-refractivity contribution < 1.29 is 19.0 Å². The van der Waals surface area contributed by atoms with Crippen LogP contribution in [0, 0.1) is 0 Å². The zero-order valence-electron chi connectivity index (χ0n) is 14.4. The maximum Gasteiger partial charge on any atom is 0.254 e. The molecular weight excluding hydrogens is 320 g/mol. The summed E-state index contributed by atoms with van der Waals surface area (Å²) in [6, 6.07) is 10.8. The lowest BCUT2D eigenvalue weighted by atomic mass is 10.1. The fraction of sp³-hybridized carbons (Fsp3) is 0.368. The molecule has 1 aromatic heterocycles. The molecule has 1 fully saturated rings. The third kappa shape index (κ3) is 4.15. The van der Waals surface area contributed by atoms with Gasteiger partial charge in [-0.15, -0.1) is 0 Å². The number of aromatic nitrogens is 1. The number of likely N-dealkylation sites (tertiary alicyclic amines) is 1. The molecule has 1 aromatic carbocycles. The van der Waals surface area contributed by atoms with Crippen molar-refractivity contribution in [3.63, 3.8) is 0 Å². The molecule has 0 radical (unpaired) electrons.